The van der Waals surface area contributed by atoms with Gasteiger partial charge in [0.2, 0.25) is 0 Å². The minimum atomic E-state index is 0.268. The Morgan fingerprint density at radius 3 is 2.80 bits per heavy atom. The number of benzene rings is 1. The van der Waals surface area contributed by atoms with Crippen molar-refractivity contribution in [3.63, 3.8) is 0 Å². The van der Waals surface area contributed by atoms with Crippen LogP contribution in [0.2, 0.25) is 0 Å². The Labute approximate surface area is 120 Å². The molecule has 2 heterocycles. The molecule has 1 aliphatic heterocycles. The second-order valence-electron chi connectivity index (χ2n) is 6.02. The summed E-state index contributed by atoms with van der Waals surface area (Å²) < 4.78 is 2.16. The van der Waals surface area contributed by atoms with Crippen molar-refractivity contribution in [1.82, 2.24) is 14.5 Å². The van der Waals surface area contributed by atoms with E-state index in [1.165, 1.54) is 12.1 Å². The Kier molecular flexibility index (Phi) is 3.59. The molecular weight excluding hydrogens is 248 g/mol. The number of hydrogen-bond acceptors (Lipinski definition) is 3. The van der Waals surface area contributed by atoms with Gasteiger partial charge in [-0.05, 0) is 37.1 Å². The molecule has 1 atom stereocenters. The Morgan fingerprint density at radius 1 is 1.30 bits per heavy atom. The quantitative estimate of drug-likeness (QED) is 0.925. The average Bonchev–Trinajstić information content (AvgIpc) is 3.08. The number of imidazole rings is 1. The highest BCUT2D eigenvalue weighted by Gasteiger charge is 2.32. The van der Waals surface area contributed by atoms with Crippen LogP contribution in [0.5, 0.6) is 0 Å². The molecule has 1 aromatic carbocycles. The maximum Gasteiger partial charge on any atom is 0.127 e. The fourth-order valence-electron chi connectivity index (χ4n) is 2.90. The number of hydrogen-bond donors (Lipinski definition) is 1. The van der Waals surface area contributed by atoms with E-state index in [1.807, 2.05) is 18.5 Å². The van der Waals surface area contributed by atoms with Crippen molar-refractivity contribution in [2.24, 2.45) is 11.1 Å². The van der Waals surface area contributed by atoms with Gasteiger partial charge in [0.15, 0.2) is 0 Å². The smallest absolute Gasteiger partial charge is 0.127 e. The van der Waals surface area contributed by atoms with Crippen LogP contribution in [0.4, 0.5) is 0 Å². The van der Waals surface area contributed by atoms with Crippen LogP contribution < -0.4 is 5.73 Å². The summed E-state index contributed by atoms with van der Waals surface area (Å²) >= 11 is 0. The molecule has 0 spiro atoms. The van der Waals surface area contributed by atoms with E-state index in [9.17, 15) is 0 Å². The lowest BCUT2D eigenvalue weighted by Gasteiger charge is -2.22. The van der Waals surface area contributed by atoms with Crippen molar-refractivity contribution in [3.8, 4) is 5.69 Å². The SMILES string of the molecule is CC1(CN)CCN(Cc2nccn2-c2ccccc2)C1. The summed E-state index contributed by atoms with van der Waals surface area (Å²) in [5, 5.41) is 0. The van der Waals surface area contributed by atoms with Crippen molar-refractivity contribution in [3.05, 3.63) is 48.5 Å². The third kappa shape index (κ3) is 2.62. The highest BCUT2D eigenvalue weighted by Crippen LogP contribution is 2.29. The van der Waals surface area contributed by atoms with Crippen LogP contribution >= 0.6 is 0 Å². The second kappa shape index (κ2) is 5.38. The highest BCUT2D eigenvalue weighted by molar-refractivity contribution is 5.32. The van der Waals surface area contributed by atoms with Gasteiger partial charge in [-0.1, -0.05) is 25.1 Å². The number of likely N-dealkylation sites (tertiary alicyclic amines) is 1. The molecule has 2 aromatic rings. The van der Waals surface area contributed by atoms with Gasteiger partial charge in [-0.3, -0.25) is 4.90 Å². The van der Waals surface area contributed by atoms with Crippen molar-refractivity contribution in [1.29, 1.82) is 0 Å². The zero-order chi connectivity index (χ0) is 14.0. The Bertz CT molecular complexity index is 563. The van der Waals surface area contributed by atoms with Gasteiger partial charge >= 0.3 is 0 Å². The molecule has 20 heavy (non-hydrogen) atoms. The van der Waals surface area contributed by atoms with E-state index in [0.29, 0.717) is 0 Å². The standard InChI is InChI=1S/C16H22N4/c1-16(12-17)7-9-19(13-16)11-15-18-8-10-20(15)14-5-3-2-4-6-14/h2-6,8,10H,7,9,11-13,17H2,1H3. The van der Waals surface area contributed by atoms with E-state index in [4.69, 9.17) is 5.73 Å². The number of nitrogens with zero attached hydrogens (tertiary/aromatic N) is 3. The van der Waals surface area contributed by atoms with Gasteiger partial charge in [-0.15, -0.1) is 0 Å². The van der Waals surface area contributed by atoms with Gasteiger partial charge in [0.05, 0.1) is 6.54 Å². The fraction of sp³-hybridized carbons (Fsp3) is 0.438. The number of para-hydroxylation sites is 1. The van der Waals surface area contributed by atoms with Crippen molar-refractivity contribution >= 4 is 0 Å². The van der Waals surface area contributed by atoms with Crippen LogP contribution in [-0.2, 0) is 6.54 Å². The summed E-state index contributed by atoms with van der Waals surface area (Å²) in [5.74, 6) is 1.09. The lowest BCUT2D eigenvalue weighted by Crippen LogP contribution is -2.31. The van der Waals surface area contributed by atoms with E-state index in [1.54, 1.807) is 0 Å². The minimum Gasteiger partial charge on any atom is -0.330 e. The Balaban J connectivity index is 1.75. The first-order valence-electron chi connectivity index (χ1n) is 7.20. The molecule has 1 unspecified atom stereocenters. The molecule has 0 radical (unpaired) electrons. The molecule has 0 saturated carbocycles. The van der Waals surface area contributed by atoms with E-state index >= 15 is 0 Å². The molecule has 3 rings (SSSR count). The van der Waals surface area contributed by atoms with Gasteiger partial charge in [0, 0.05) is 24.6 Å². The largest absolute Gasteiger partial charge is 0.330 e. The number of aromatic nitrogens is 2. The predicted molar refractivity (Wildman–Crippen MR) is 80.6 cm³/mol. The third-order valence-electron chi connectivity index (χ3n) is 4.25. The Hall–Kier alpha value is -1.65. The molecule has 0 bridgehead atoms. The van der Waals surface area contributed by atoms with Crippen LogP contribution in [0.3, 0.4) is 0 Å². The van der Waals surface area contributed by atoms with Gasteiger partial charge in [0.1, 0.15) is 5.82 Å². The molecule has 4 heteroatoms. The molecule has 4 nitrogen and oxygen atoms in total. The molecule has 2 N–H and O–H groups in total. The summed E-state index contributed by atoms with van der Waals surface area (Å²) in [5.41, 5.74) is 7.31. The van der Waals surface area contributed by atoms with Crippen LogP contribution in [0.15, 0.2) is 42.7 Å². The van der Waals surface area contributed by atoms with Gasteiger partial charge in [-0.2, -0.15) is 0 Å². The maximum absolute atomic E-state index is 5.88. The van der Waals surface area contributed by atoms with Gasteiger partial charge in [-0.25, -0.2) is 4.98 Å². The van der Waals surface area contributed by atoms with Crippen LogP contribution in [-0.4, -0.2) is 34.1 Å². The van der Waals surface area contributed by atoms with Gasteiger partial charge < -0.3 is 10.3 Å². The summed E-state index contributed by atoms with van der Waals surface area (Å²) in [6.07, 6.45) is 5.08. The van der Waals surface area contributed by atoms with Crippen molar-refractivity contribution < 1.29 is 0 Å². The van der Waals surface area contributed by atoms with E-state index < -0.39 is 0 Å². The van der Waals surface area contributed by atoms with Crippen LogP contribution in [0.1, 0.15) is 19.2 Å². The zero-order valence-corrected chi connectivity index (χ0v) is 12.0. The average molecular weight is 270 g/mol. The summed E-state index contributed by atoms with van der Waals surface area (Å²) in [7, 11) is 0. The maximum atomic E-state index is 5.88. The first kappa shape index (κ1) is 13.3. The first-order chi connectivity index (χ1) is 9.70. The molecule has 0 amide bonds. The zero-order valence-electron chi connectivity index (χ0n) is 12.0. The molecule has 1 aromatic heterocycles. The normalized spacial score (nSPS) is 23.3. The number of nitrogens with two attached hydrogens (primary N) is 1. The lowest BCUT2D eigenvalue weighted by molar-refractivity contribution is 0.268. The summed E-state index contributed by atoms with van der Waals surface area (Å²) in [6, 6.07) is 10.4. The van der Waals surface area contributed by atoms with Crippen molar-refractivity contribution in [2.45, 2.75) is 19.9 Å². The van der Waals surface area contributed by atoms with Crippen LogP contribution in [0, 0.1) is 5.41 Å². The van der Waals surface area contributed by atoms with E-state index in [-0.39, 0.29) is 5.41 Å². The topological polar surface area (TPSA) is 47.1 Å². The molecule has 1 aliphatic rings. The fourth-order valence-corrected chi connectivity index (χ4v) is 2.90. The molecule has 1 fully saturated rings. The van der Waals surface area contributed by atoms with Crippen molar-refractivity contribution in [2.75, 3.05) is 19.6 Å². The number of rotatable bonds is 4. The lowest BCUT2D eigenvalue weighted by atomic mass is 9.90. The third-order valence-corrected chi connectivity index (χ3v) is 4.25. The van der Waals surface area contributed by atoms with Gasteiger partial charge in [0.25, 0.3) is 0 Å². The monoisotopic (exact) mass is 270 g/mol. The molecule has 1 saturated heterocycles. The van der Waals surface area contributed by atoms with E-state index in [2.05, 4.69) is 45.6 Å². The predicted octanol–water partition coefficient (Wildman–Crippen LogP) is 2.04. The highest BCUT2D eigenvalue weighted by atomic mass is 15.2. The summed E-state index contributed by atoms with van der Waals surface area (Å²) in [4.78, 5) is 6.97. The van der Waals surface area contributed by atoms with E-state index in [0.717, 1.165) is 32.0 Å². The van der Waals surface area contributed by atoms with Crippen LogP contribution in [0.25, 0.3) is 5.69 Å². The molecule has 106 valence electrons. The Morgan fingerprint density at radius 2 is 2.10 bits per heavy atom. The summed E-state index contributed by atoms with van der Waals surface area (Å²) in [6.45, 7) is 6.09. The second-order valence-corrected chi connectivity index (χ2v) is 6.02. The minimum absolute atomic E-state index is 0.268. The first-order valence-corrected chi connectivity index (χ1v) is 7.20. The molecule has 0 aliphatic carbocycles. The molecular formula is C16H22N4.